The average Bonchev–Trinajstić information content (AvgIpc) is 3.39. The molecule has 5 rings (SSSR count). The van der Waals surface area contributed by atoms with Gasteiger partial charge in [-0.05, 0) is 30.3 Å². The van der Waals surface area contributed by atoms with Crippen molar-refractivity contribution in [3.05, 3.63) is 79.0 Å². The summed E-state index contributed by atoms with van der Waals surface area (Å²) in [6.45, 7) is 0. The molecule has 2 aromatic carbocycles. The van der Waals surface area contributed by atoms with Crippen LogP contribution >= 0.6 is 0 Å². The van der Waals surface area contributed by atoms with Crippen molar-refractivity contribution in [2.24, 2.45) is 0 Å². The molecule has 0 spiro atoms. The van der Waals surface area contributed by atoms with E-state index in [1.165, 1.54) is 36.8 Å². The molecular weight excluding hydrogens is 419 g/mol. The Hall–Kier alpha value is -3.85. The van der Waals surface area contributed by atoms with E-state index in [0.29, 0.717) is 33.7 Å². The van der Waals surface area contributed by atoms with E-state index in [9.17, 15) is 12.8 Å². The number of aromatic nitrogens is 4. The minimum Gasteiger partial charge on any atom is -0.438 e. The van der Waals surface area contributed by atoms with Crippen LogP contribution in [0.4, 0.5) is 4.39 Å². The molecule has 31 heavy (non-hydrogen) atoms. The van der Waals surface area contributed by atoms with Gasteiger partial charge in [0.15, 0.2) is 0 Å². The Kier molecular flexibility index (Phi) is 4.40. The number of rotatable bonds is 4. The quantitative estimate of drug-likeness (QED) is 0.417. The number of fused-ring (bicyclic) bond motifs is 1. The van der Waals surface area contributed by atoms with Gasteiger partial charge < -0.3 is 4.42 Å². The minimum absolute atomic E-state index is 0.282. The van der Waals surface area contributed by atoms with Gasteiger partial charge in [-0.25, -0.2) is 22.8 Å². The third-order valence-electron chi connectivity index (χ3n) is 4.81. The fourth-order valence-corrected chi connectivity index (χ4v) is 4.20. The van der Waals surface area contributed by atoms with E-state index in [-0.39, 0.29) is 5.69 Å². The highest BCUT2D eigenvalue weighted by Crippen LogP contribution is 2.37. The molecule has 0 aliphatic carbocycles. The second-order valence-electron chi connectivity index (χ2n) is 6.94. The first-order valence-electron chi connectivity index (χ1n) is 9.26. The van der Waals surface area contributed by atoms with Crippen molar-refractivity contribution < 1.29 is 17.2 Å². The Labute approximate surface area is 176 Å². The van der Waals surface area contributed by atoms with Crippen molar-refractivity contribution in [3.63, 3.8) is 0 Å². The van der Waals surface area contributed by atoms with E-state index in [4.69, 9.17) is 4.42 Å². The van der Waals surface area contributed by atoms with Crippen LogP contribution in [0.15, 0.2) is 77.6 Å². The van der Waals surface area contributed by atoms with Gasteiger partial charge in [-0.15, -0.1) is 0 Å². The van der Waals surface area contributed by atoms with Crippen molar-refractivity contribution in [3.8, 4) is 33.8 Å². The van der Waals surface area contributed by atoms with Crippen molar-refractivity contribution in [1.82, 2.24) is 19.2 Å². The van der Waals surface area contributed by atoms with Crippen LogP contribution in [-0.4, -0.2) is 33.8 Å². The highest BCUT2D eigenvalue weighted by molar-refractivity contribution is 7.89. The molecule has 0 radical (unpaired) electrons. The van der Waals surface area contributed by atoms with Crippen LogP contribution in [0.1, 0.15) is 0 Å². The van der Waals surface area contributed by atoms with Gasteiger partial charge in [0.1, 0.15) is 17.9 Å². The van der Waals surface area contributed by atoms with Crippen LogP contribution in [0.3, 0.4) is 0 Å². The van der Waals surface area contributed by atoms with E-state index in [2.05, 4.69) is 15.1 Å². The largest absolute Gasteiger partial charge is 0.438 e. The number of benzene rings is 2. The third-order valence-corrected chi connectivity index (χ3v) is 5.72. The summed E-state index contributed by atoms with van der Waals surface area (Å²) < 4.78 is 45.0. The first kappa shape index (κ1) is 19.1. The molecule has 0 saturated carbocycles. The van der Waals surface area contributed by atoms with Crippen LogP contribution in [0, 0.1) is 5.82 Å². The Morgan fingerprint density at radius 3 is 2.42 bits per heavy atom. The molecule has 0 unspecified atom stereocenters. The van der Waals surface area contributed by atoms with Crippen molar-refractivity contribution in [2.45, 2.75) is 0 Å². The molecule has 0 aliphatic rings. The summed E-state index contributed by atoms with van der Waals surface area (Å²) >= 11 is 0. The number of hydrogen-bond acceptors (Lipinski definition) is 6. The first-order chi connectivity index (χ1) is 14.9. The fourth-order valence-electron chi connectivity index (χ4n) is 3.45. The maximum atomic E-state index is 13.5. The zero-order valence-electron chi connectivity index (χ0n) is 16.2. The Morgan fingerprint density at radius 2 is 1.71 bits per heavy atom. The predicted molar refractivity (Wildman–Crippen MR) is 114 cm³/mol. The lowest BCUT2D eigenvalue weighted by atomic mass is 10.0. The van der Waals surface area contributed by atoms with Gasteiger partial charge in [-0.2, -0.15) is 9.19 Å². The lowest BCUT2D eigenvalue weighted by Crippen LogP contribution is -2.13. The molecule has 3 aromatic heterocycles. The lowest BCUT2D eigenvalue weighted by molar-refractivity contribution is 0.587. The predicted octanol–water partition coefficient (Wildman–Crippen LogP) is 4.37. The summed E-state index contributed by atoms with van der Waals surface area (Å²) in [7, 11) is -3.72. The van der Waals surface area contributed by atoms with Crippen LogP contribution in [0.2, 0.25) is 0 Å². The normalized spacial score (nSPS) is 11.8. The smallest absolute Gasteiger partial charge is 0.251 e. The molecule has 0 atom stereocenters. The van der Waals surface area contributed by atoms with Crippen LogP contribution < -0.4 is 0 Å². The molecular formula is C22H15FN4O3S. The summed E-state index contributed by atoms with van der Waals surface area (Å²) in [6, 6.07) is 16.9. The van der Waals surface area contributed by atoms with E-state index in [1.54, 1.807) is 0 Å². The van der Waals surface area contributed by atoms with Crippen LogP contribution in [0.25, 0.3) is 44.9 Å². The topological polar surface area (TPSA) is 90.9 Å². The molecule has 9 heteroatoms. The molecule has 0 bridgehead atoms. The van der Waals surface area contributed by atoms with Gasteiger partial charge >= 0.3 is 0 Å². The second-order valence-corrected chi connectivity index (χ2v) is 8.75. The summed E-state index contributed by atoms with van der Waals surface area (Å²) in [6.07, 6.45) is 3.83. The Bertz CT molecular complexity index is 1510. The zero-order valence-corrected chi connectivity index (χ0v) is 17.0. The highest BCUT2D eigenvalue weighted by Gasteiger charge is 2.24. The van der Waals surface area contributed by atoms with Gasteiger partial charge in [0.25, 0.3) is 10.0 Å². The van der Waals surface area contributed by atoms with Gasteiger partial charge in [-0.1, -0.05) is 30.3 Å². The molecule has 0 N–H and O–H groups in total. The van der Waals surface area contributed by atoms with Gasteiger partial charge in [0, 0.05) is 16.7 Å². The summed E-state index contributed by atoms with van der Waals surface area (Å²) in [5, 5.41) is 4.69. The molecule has 7 nitrogen and oxygen atoms in total. The van der Waals surface area contributed by atoms with E-state index in [1.807, 2.05) is 36.4 Å². The summed E-state index contributed by atoms with van der Waals surface area (Å²) in [5.41, 5.74) is 2.93. The summed E-state index contributed by atoms with van der Waals surface area (Å²) in [4.78, 5) is 8.60. The average molecular weight is 434 g/mol. The fraction of sp³-hybridized carbons (Fsp3) is 0.0455. The van der Waals surface area contributed by atoms with Crippen LogP contribution in [0.5, 0.6) is 0 Å². The maximum Gasteiger partial charge on any atom is 0.251 e. The SMILES string of the molecule is CS(=O)(=O)n1ncc(-c2ncnc3oc(-c4ccccc4)cc23)c1-c1ccc(F)cc1. The van der Waals surface area contributed by atoms with Crippen molar-refractivity contribution in [2.75, 3.05) is 6.26 Å². The van der Waals surface area contributed by atoms with E-state index in [0.717, 1.165) is 15.9 Å². The van der Waals surface area contributed by atoms with Crippen molar-refractivity contribution >= 4 is 21.1 Å². The lowest BCUT2D eigenvalue weighted by Gasteiger charge is -2.08. The van der Waals surface area contributed by atoms with E-state index < -0.39 is 15.8 Å². The Morgan fingerprint density at radius 1 is 0.968 bits per heavy atom. The second kappa shape index (κ2) is 7.13. The molecule has 154 valence electrons. The molecule has 5 aromatic rings. The monoisotopic (exact) mass is 434 g/mol. The summed E-state index contributed by atoms with van der Waals surface area (Å²) in [5.74, 6) is 0.179. The molecule has 3 heterocycles. The number of hydrogen-bond donors (Lipinski definition) is 0. The first-order valence-corrected chi connectivity index (χ1v) is 11.1. The number of furan rings is 1. The van der Waals surface area contributed by atoms with E-state index >= 15 is 0 Å². The molecule has 0 aliphatic heterocycles. The third kappa shape index (κ3) is 3.38. The zero-order chi connectivity index (χ0) is 21.6. The van der Waals surface area contributed by atoms with Crippen LogP contribution in [-0.2, 0) is 10.0 Å². The Balaban J connectivity index is 1.77. The van der Waals surface area contributed by atoms with Gasteiger partial charge in [-0.3, -0.25) is 0 Å². The number of halogens is 1. The van der Waals surface area contributed by atoms with Gasteiger partial charge in [0.05, 0.1) is 29.2 Å². The molecule has 0 fully saturated rings. The number of nitrogens with zero attached hydrogens (tertiary/aromatic N) is 4. The molecule has 0 saturated heterocycles. The standard InChI is InChI=1S/C22H15FN4O3S/c1-31(28,29)27-21(15-7-9-16(23)10-8-15)18(12-26-27)20-17-11-19(14-5-3-2-4-6-14)30-22(17)25-13-24-20/h2-13H,1H3. The minimum atomic E-state index is -3.72. The maximum absolute atomic E-state index is 13.5. The highest BCUT2D eigenvalue weighted by atomic mass is 32.2. The van der Waals surface area contributed by atoms with Crippen molar-refractivity contribution in [1.29, 1.82) is 0 Å². The van der Waals surface area contributed by atoms with Gasteiger partial charge in [0.2, 0.25) is 5.71 Å². The molecule has 0 amide bonds.